The van der Waals surface area contributed by atoms with Crippen molar-refractivity contribution in [1.82, 2.24) is 10.9 Å². The molecule has 0 aliphatic rings. The average molecular weight is 391 g/mol. The fraction of sp³-hybridized carbons (Fsp3) is 0.300. The molecule has 0 unspecified atom stereocenters. The molecular weight excluding hydrogens is 368 g/mol. The number of hydrazine groups is 1. The third kappa shape index (κ3) is 6.49. The quantitative estimate of drug-likeness (QED) is 0.532. The molecule has 2 rings (SSSR count). The minimum Gasteiger partial charge on any atom is -0.493 e. The summed E-state index contributed by atoms with van der Waals surface area (Å²) < 4.78 is 11.1. The maximum absolute atomic E-state index is 12.3. The maximum Gasteiger partial charge on any atom is 0.276 e. The van der Waals surface area contributed by atoms with Crippen LogP contribution in [0.25, 0.3) is 0 Å². The maximum atomic E-state index is 12.3. The molecule has 0 fully saturated rings. The highest BCUT2D eigenvalue weighted by molar-refractivity contribution is 6.30. The zero-order valence-corrected chi connectivity index (χ0v) is 16.1. The molecule has 2 amide bonds. The number of benzene rings is 2. The number of hydrogen-bond acceptors (Lipinski definition) is 4. The van der Waals surface area contributed by atoms with E-state index in [-0.39, 0.29) is 6.61 Å². The van der Waals surface area contributed by atoms with Crippen molar-refractivity contribution in [2.75, 3.05) is 13.2 Å². The molecule has 27 heavy (non-hydrogen) atoms. The molecule has 0 saturated carbocycles. The fourth-order valence-electron chi connectivity index (χ4n) is 2.25. The van der Waals surface area contributed by atoms with Crippen LogP contribution in [0.2, 0.25) is 5.02 Å². The van der Waals surface area contributed by atoms with E-state index in [1.54, 1.807) is 42.5 Å². The number of rotatable bonds is 8. The number of hydrogen-bond donors (Lipinski definition) is 2. The van der Waals surface area contributed by atoms with E-state index in [0.29, 0.717) is 28.7 Å². The predicted molar refractivity (Wildman–Crippen MR) is 104 cm³/mol. The lowest BCUT2D eigenvalue weighted by Crippen LogP contribution is -2.44. The van der Waals surface area contributed by atoms with E-state index >= 15 is 0 Å². The largest absolute Gasteiger partial charge is 0.493 e. The molecule has 7 heteroatoms. The lowest BCUT2D eigenvalue weighted by Gasteiger charge is -2.13. The van der Waals surface area contributed by atoms with Crippen LogP contribution in [-0.4, -0.2) is 25.0 Å². The summed E-state index contributed by atoms with van der Waals surface area (Å²) in [4.78, 5) is 24.2. The second-order valence-electron chi connectivity index (χ2n) is 5.90. The van der Waals surface area contributed by atoms with E-state index in [0.717, 1.165) is 18.4 Å². The summed E-state index contributed by atoms with van der Waals surface area (Å²) in [7, 11) is 0. The van der Waals surface area contributed by atoms with E-state index < -0.39 is 11.8 Å². The molecule has 0 bridgehead atoms. The number of nitrogens with one attached hydrogen (secondary N) is 2. The van der Waals surface area contributed by atoms with Crippen molar-refractivity contribution in [2.45, 2.75) is 26.7 Å². The van der Waals surface area contributed by atoms with Crippen LogP contribution in [0.1, 0.15) is 35.7 Å². The first-order valence-electron chi connectivity index (χ1n) is 8.71. The smallest absolute Gasteiger partial charge is 0.276 e. The number of carbonyl (C=O) groups excluding carboxylic acids is 2. The number of aryl methyl sites for hydroxylation is 1. The number of amides is 2. The summed E-state index contributed by atoms with van der Waals surface area (Å²) in [6.45, 7) is 4.18. The van der Waals surface area contributed by atoms with Gasteiger partial charge in [-0.1, -0.05) is 37.1 Å². The first-order valence-corrected chi connectivity index (χ1v) is 9.09. The fourth-order valence-corrected chi connectivity index (χ4v) is 2.48. The first-order chi connectivity index (χ1) is 13.0. The van der Waals surface area contributed by atoms with Crippen LogP contribution in [0.3, 0.4) is 0 Å². The highest BCUT2D eigenvalue weighted by atomic mass is 35.5. The van der Waals surface area contributed by atoms with Gasteiger partial charge in [0.2, 0.25) is 0 Å². The normalized spacial score (nSPS) is 10.2. The number of para-hydroxylation sites is 1. The summed E-state index contributed by atoms with van der Waals surface area (Å²) in [5.74, 6) is 0.0847. The SMILES string of the molecule is CCCCOc1ccccc1C(=O)NNC(=O)COc1ccc(Cl)cc1C. The Balaban J connectivity index is 1.85. The van der Waals surface area contributed by atoms with Crippen molar-refractivity contribution in [3.63, 3.8) is 0 Å². The lowest BCUT2D eigenvalue weighted by atomic mass is 10.2. The Morgan fingerprint density at radius 3 is 2.56 bits per heavy atom. The van der Waals surface area contributed by atoms with E-state index in [4.69, 9.17) is 21.1 Å². The molecule has 0 aliphatic heterocycles. The first kappa shape index (κ1) is 20.6. The van der Waals surface area contributed by atoms with E-state index in [2.05, 4.69) is 17.8 Å². The van der Waals surface area contributed by atoms with E-state index in [1.807, 2.05) is 6.92 Å². The summed E-state index contributed by atoms with van der Waals surface area (Å²) >= 11 is 5.88. The molecule has 144 valence electrons. The highest BCUT2D eigenvalue weighted by Gasteiger charge is 2.13. The summed E-state index contributed by atoms with van der Waals surface area (Å²) in [5.41, 5.74) is 5.87. The van der Waals surface area contributed by atoms with Gasteiger partial charge in [-0.05, 0) is 49.2 Å². The van der Waals surface area contributed by atoms with Gasteiger partial charge in [0, 0.05) is 5.02 Å². The van der Waals surface area contributed by atoms with Crippen LogP contribution in [-0.2, 0) is 4.79 Å². The van der Waals surface area contributed by atoms with Crippen LogP contribution < -0.4 is 20.3 Å². The molecule has 6 nitrogen and oxygen atoms in total. The monoisotopic (exact) mass is 390 g/mol. The van der Waals surface area contributed by atoms with Crippen LogP contribution in [0.4, 0.5) is 0 Å². The third-order valence-corrected chi connectivity index (χ3v) is 3.93. The molecule has 0 atom stereocenters. The van der Waals surface area contributed by atoms with Gasteiger partial charge >= 0.3 is 0 Å². The Labute approximate surface area is 163 Å². The Bertz CT molecular complexity index is 795. The number of ether oxygens (including phenoxy) is 2. The van der Waals surface area contributed by atoms with Crippen LogP contribution in [0.15, 0.2) is 42.5 Å². The Hall–Kier alpha value is -2.73. The topological polar surface area (TPSA) is 76.7 Å². The van der Waals surface area contributed by atoms with Gasteiger partial charge in [-0.25, -0.2) is 0 Å². The van der Waals surface area contributed by atoms with Crippen molar-refractivity contribution in [1.29, 1.82) is 0 Å². The molecular formula is C20H23ClN2O4. The molecule has 0 heterocycles. The molecule has 0 spiro atoms. The van der Waals surface area contributed by atoms with Crippen LogP contribution >= 0.6 is 11.6 Å². The second-order valence-corrected chi connectivity index (χ2v) is 6.34. The van der Waals surface area contributed by atoms with Gasteiger partial charge in [0.1, 0.15) is 11.5 Å². The van der Waals surface area contributed by atoms with Crippen molar-refractivity contribution in [3.8, 4) is 11.5 Å². The molecule has 2 aromatic carbocycles. The number of unbranched alkanes of at least 4 members (excludes halogenated alkanes) is 1. The Kier molecular flexibility index (Phi) is 7.95. The zero-order valence-electron chi connectivity index (χ0n) is 15.4. The van der Waals surface area contributed by atoms with Crippen LogP contribution in [0, 0.1) is 6.92 Å². The minimum atomic E-state index is -0.484. The predicted octanol–water partition coefficient (Wildman–Crippen LogP) is 3.67. The molecule has 0 aromatic heterocycles. The van der Waals surface area contributed by atoms with Gasteiger partial charge < -0.3 is 9.47 Å². The second kappa shape index (κ2) is 10.4. The molecule has 0 aliphatic carbocycles. The molecule has 2 N–H and O–H groups in total. The average Bonchev–Trinajstić information content (AvgIpc) is 2.66. The molecule has 2 aromatic rings. The Morgan fingerprint density at radius 2 is 1.81 bits per heavy atom. The molecule has 0 radical (unpaired) electrons. The van der Waals surface area contributed by atoms with Gasteiger partial charge in [-0.2, -0.15) is 0 Å². The lowest BCUT2D eigenvalue weighted by molar-refractivity contribution is -0.123. The van der Waals surface area contributed by atoms with Crippen molar-refractivity contribution in [3.05, 3.63) is 58.6 Å². The summed E-state index contributed by atoms with van der Waals surface area (Å²) in [6.07, 6.45) is 1.89. The molecule has 0 saturated heterocycles. The summed E-state index contributed by atoms with van der Waals surface area (Å²) in [5, 5.41) is 0.594. The van der Waals surface area contributed by atoms with Crippen molar-refractivity contribution >= 4 is 23.4 Å². The van der Waals surface area contributed by atoms with E-state index in [1.165, 1.54) is 0 Å². The highest BCUT2D eigenvalue weighted by Crippen LogP contribution is 2.21. The van der Waals surface area contributed by atoms with Crippen LogP contribution in [0.5, 0.6) is 11.5 Å². The zero-order chi connectivity index (χ0) is 19.6. The van der Waals surface area contributed by atoms with Gasteiger partial charge in [0.05, 0.1) is 12.2 Å². The summed E-state index contributed by atoms with van der Waals surface area (Å²) in [6, 6.07) is 12.0. The van der Waals surface area contributed by atoms with Crippen molar-refractivity contribution < 1.29 is 19.1 Å². The van der Waals surface area contributed by atoms with Gasteiger partial charge in [0.15, 0.2) is 6.61 Å². The van der Waals surface area contributed by atoms with Gasteiger partial charge in [-0.3, -0.25) is 20.4 Å². The minimum absolute atomic E-state index is 0.239. The van der Waals surface area contributed by atoms with E-state index in [9.17, 15) is 9.59 Å². The van der Waals surface area contributed by atoms with Gasteiger partial charge in [0.25, 0.3) is 11.8 Å². The standard InChI is InChI=1S/C20H23ClN2O4/c1-3-4-11-26-18-8-6-5-7-16(18)20(25)23-22-19(24)13-27-17-10-9-15(21)12-14(17)2/h5-10,12H,3-4,11,13H2,1-2H3,(H,22,24)(H,23,25). The number of halogens is 1. The Morgan fingerprint density at radius 1 is 1.04 bits per heavy atom. The third-order valence-electron chi connectivity index (χ3n) is 3.70. The van der Waals surface area contributed by atoms with Crippen molar-refractivity contribution in [2.24, 2.45) is 0 Å². The van der Waals surface area contributed by atoms with Gasteiger partial charge in [-0.15, -0.1) is 0 Å². The number of carbonyl (C=O) groups is 2.